The zero-order valence-electron chi connectivity index (χ0n) is 12.2. The number of azide groups is 1. The van der Waals surface area contributed by atoms with Gasteiger partial charge >= 0.3 is 5.97 Å². The van der Waals surface area contributed by atoms with E-state index in [1.807, 2.05) is 30.3 Å². The lowest BCUT2D eigenvalue weighted by Gasteiger charge is -2.41. The van der Waals surface area contributed by atoms with Crippen molar-refractivity contribution in [1.29, 1.82) is 0 Å². The molecule has 7 nitrogen and oxygen atoms in total. The van der Waals surface area contributed by atoms with Crippen molar-refractivity contribution in [2.24, 2.45) is 5.11 Å². The summed E-state index contributed by atoms with van der Waals surface area (Å²) in [7, 11) is 0. The molecular formula is C14H17N3O4S. The van der Waals surface area contributed by atoms with Crippen molar-refractivity contribution in [3.05, 3.63) is 40.8 Å². The number of aliphatic hydroxyl groups is 1. The van der Waals surface area contributed by atoms with Crippen LogP contribution in [0.15, 0.2) is 40.3 Å². The van der Waals surface area contributed by atoms with Crippen molar-refractivity contribution in [3.8, 4) is 0 Å². The third kappa shape index (κ3) is 3.92. The second-order valence-corrected chi connectivity index (χ2v) is 6.07. The van der Waals surface area contributed by atoms with Gasteiger partial charge in [0, 0.05) is 16.7 Å². The molecule has 0 radical (unpaired) electrons. The highest BCUT2D eigenvalue weighted by Crippen LogP contribution is 2.35. The van der Waals surface area contributed by atoms with Gasteiger partial charge in [-0.15, -0.1) is 0 Å². The van der Waals surface area contributed by atoms with Crippen LogP contribution in [-0.4, -0.2) is 40.9 Å². The fraction of sp³-hybridized carbons (Fsp3) is 0.500. The van der Waals surface area contributed by atoms with Gasteiger partial charge in [0.2, 0.25) is 0 Å². The molecule has 1 aliphatic heterocycles. The average Bonchev–Trinajstić information content (AvgIpc) is 2.49. The number of benzene rings is 1. The summed E-state index contributed by atoms with van der Waals surface area (Å²) in [5.74, 6) is -0.514. The van der Waals surface area contributed by atoms with E-state index in [2.05, 4.69) is 10.0 Å². The van der Waals surface area contributed by atoms with Gasteiger partial charge in [0.05, 0.1) is 6.10 Å². The number of aliphatic hydroxyl groups excluding tert-OH is 1. The van der Waals surface area contributed by atoms with Crippen molar-refractivity contribution in [2.45, 2.75) is 48.5 Å². The van der Waals surface area contributed by atoms with Crippen LogP contribution in [0.1, 0.15) is 13.8 Å². The molecule has 1 heterocycles. The number of carbonyl (C=O) groups is 1. The maximum absolute atomic E-state index is 11.2. The van der Waals surface area contributed by atoms with Crippen LogP contribution < -0.4 is 0 Å². The lowest BCUT2D eigenvalue weighted by Crippen LogP contribution is -2.56. The van der Waals surface area contributed by atoms with Crippen molar-refractivity contribution in [1.82, 2.24) is 0 Å². The second kappa shape index (κ2) is 7.51. The van der Waals surface area contributed by atoms with Gasteiger partial charge in [-0.1, -0.05) is 35.1 Å². The minimum Gasteiger partial charge on any atom is -0.459 e. The van der Waals surface area contributed by atoms with Crippen molar-refractivity contribution >= 4 is 17.7 Å². The molecule has 1 saturated heterocycles. The molecule has 2 rings (SSSR count). The minimum atomic E-state index is -1.08. The molecule has 1 unspecified atom stereocenters. The van der Waals surface area contributed by atoms with Crippen LogP contribution >= 0.6 is 11.8 Å². The van der Waals surface area contributed by atoms with Gasteiger partial charge in [-0.3, -0.25) is 4.79 Å². The lowest BCUT2D eigenvalue weighted by molar-refractivity contribution is -0.178. The van der Waals surface area contributed by atoms with Gasteiger partial charge in [0.1, 0.15) is 23.7 Å². The molecule has 1 aliphatic rings. The number of carbonyl (C=O) groups excluding carboxylic acids is 1. The normalized spacial score (nSPS) is 31.1. The monoisotopic (exact) mass is 323 g/mol. The maximum Gasteiger partial charge on any atom is 0.303 e. The van der Waals surface area contributed by atoms with Crippen LogP contribution in [0.25, 0.3) is 10.4 Å². The first-order chi connectivity index (χ1) is 10.5. The Bertz CT molecular complexity index is 564. The third-order valence-corrected chi connectivity index (χ3v) is 4.43. The molecule has 1 N–H and O–H groups in total. The van der Waals surface area contributed by atoms with E-state index in [-0.39, 0.29) is 0 Å². The largest absolute Gasteiger partial charge is 0.459 e. The third-order valence-electron chi connectivity index (χ3n) is 3.26. The smallest absolute Gasteiger partial charge is 0.303 e. The molecule has 0 saturated carbocycles. The number of hydrogen-bond donors (Lipinski definition) is 1. The molecule has 0 aromatic heterocycles. The van der Waals surface area contributed by atoms with E-state index in [4.69, 9.17) is 15.0 Å². The van der Waals surface area contributed by atoms with Crippen molar-refractivity contribution in [3.63, 3.8) is 0 Å². The van der Waals surface area contributed by atoms with Crippen LogP contribution in [0.2, 0.25) is 0 Å². The molecule has 1 fully saturated rings. The highest BCUT2D eigenvalue weighted by atomic mass is 32.2. The Morgan fingerprint density at radius 3 is 2.73 bits per heavy atom. The van der Waals surface area contributed by atoms with Crippen LogP contribution in [0.4, 0.5) is 0 Å². The summed E-state index contributed by atoms with van der Waals surface area (Å²) in [4.78, 5) is 14.9. The maximum atomic E-state index is 11.2. The SMILES string of the molecule is CC(=O)O[C@H]1[C@H](N=[N+]=[N-])[C@H](O)C(Sc2ccccc2)O[C@@H]1C. The fourth-order valence-corrected chi connectivity index (χ4v) is 3.40. The summed E-state index contributed by atoms with van der Waals surface area (Å²) in [6.45, 7) is 2.98. The Morgan fingerprint density at radius 2 is 2.14 bits per heavy atom. The quantitative estimate of drug-likeness (QED) is 0.397. The summed E-state index contributed by atoms with van der Waals surface area (Å²) in [6, 6.07) is 8.56. The number of ether oxygens (including phenoxy) is 2. The molecule has 22 heavy (non-hydrogen) atoms. The first-order valence-electron chi connectivity index (χ1n) is 6.79. The van der Waals surface area contributed by atoms with Gasteiger partial charge in [0.15, 0.2) is 0 Å². The molecular weight excluding hydrogens is 306 g/mol. The van der Waals surface area contributed by atoms with E-state index in [1.54, 1.807) is 6.92 Å². The first-order valence-corrected chi connectivity index (χ1v) is 7.67. The Kier molecular flexibility index (Phi) is 5.68. The predicted octanol–water partition coefficient (Wildman–Crippen LogP) is 2.50. The molecule has 1 aromatic rings. The van der Waals surface area contributed by atoms with Crippen molar-refractivity contribution in [2.75, 3.05) is 0 Å². The van der Waals surface area contributed by atoms with Gasteiger partial charge in [0.25, 0.3) is 0 Å². The molecule has 1 aromatic carbocycles. The summed E-state index contributed by atoms with van der Waals surface area (Å²) < 4.78 is 10.9. The Morgan fingerprint density at radius 1 is 1.45 bits per heavy atom. The van der Waals surface area contributed by atoms with Crippen LogP contribution in [0.3, 0.4) is 0 Å². The number of esters is 1. The molecule has 0 amide bonds. The summed E-state index contributed by atoms with van der Waals surface area (Å²) in [6.07, 6.45) is -2.39. The highest BCUT2D eigenvalue weighted by Gasteiger charge is 2.45. The first kappa shape index (κ1) is 16.6. The second-order valence-electron chi connectivity index (χ2n) is 4.90. The van der Waals surface area contributed by atoms with E-state index in [0.717, 1.165) is 4.90 Å². The lowest BCUT2D eigenvalue weighted by atomic mass is 9.98. The molecule has 0 spiro atoms. The zero-order chi connectivity index (χ0) is 16.1. The van der Waals surface area contributed by atoms with E-state index < -0.39 is 35.8 Å². The molecule has 8 heteroatoms. The Hall–Kier alpha value is -1.73. The van der Waals surface area contributed by atoms with E-state index in [0.29, 0.717) is 0 Å². The molecule has 0 bridgehead atoms. The molecule has 118 valence electrons. The van der Waals surface area contributed by atoms with Gasteiger partial charge in [-0.25, -0.2) is 0 Å². The average molecular weight is 323 g/mol. The standard InChI is InChI=1S/C14H17N3O4S/c1-8-13(21-9(2)18)11(16-17-15)12(19)14(20-8)22-10-6-4-3-5-7-10/h3-8,11-14,19H,1-2H3/t8-,11-,12+,13-,14?/m1/s1. The predicted molar refractivity (Wildman–Crippen MR) is 81.1 cm³/mol. The number of nitrogens with zero attached hydrogens (tertiary/aromatic N) is 3. The minimum absolute atomic E-state index is 0.496. The van der Waals surface area contributed by atoms with E-state index >= 15 is 0 Å². The Balaban J connectivity index is 2.18. The van der Waals surface area contributed by atoms with Crippen LogP contribution in [0, 0.1) is 0 Å². The number of thioether (sulfide) groups is 1. The highest BCUT2D eigenvalue weighted by molar-refractivity contribution is 7.99. The summed E-state index contributed by atoms with van der Waals surface area (Å²) in [5.41, 5.74) is 8.10. The molecule has 0 aliphatic carbocycles. The topological polar surface area (TPSA) is 105 Å². The summed E-state index contributed by atoms with van der Waals surface area (Å²) in [5, 5.41) is 14.0. The van der Waals surface area contributed by atoms with Crippen molar-refractivity contribution < 1.29 is 19.4 Å². The van der Waals surface area contributed by atoms with Gasteiger partial charge in [-0.05, 0) is 24.6 Å². The van der Waals surface area contributed by atoms with E-state index in [9.17, 15) is 9.90 Å². The van der Waals surface area contributed by atoms with E-state index in [1.165, 1.54) is 18.7 Å². The van der Waals surface area contributed by atoms with Gasteiger partial charge in [-0.2, -0.15) is 0 Å². The Labute approximate surface area is 132 Å². The van der Waals surface area contributed by atoms with Gasteiger partial charge < -0.3 is 14.6 Å². The van der Waals surface area contributed by atoms with Crippen LogP contribution in [-0.2, 0) is 14.3 Å². The summed E-state index contributed by atoms with van der Waals surface area (Å²) >= 11 is 1.33. The van der Waals surface area contributed by atoms with Crippen LogP contribution in [0.5, 0.6) is 0 Å². The molecule has 5 atom stereocenters. The number of rotatable bonds is 4. The zero-order valence-corrected chi connectivity index (χ0v) is 13.0. The fourth-order valence-electron chi connectivity index (χ4n) is 2.28. The number of hydrogen-bond acceptors (Lipinski definition) is 6.